The van der Waals surface area contributed by atoms with Gasteiger partial charge in [-0.05, 0) is 62.1 Å². The first-order valence-electron chi connectivity index (χ1n) is 8.92. The Morgan fingerprint density at radius 1 is 1.08 bits per heavy atom. The van der Waals surface area contributed by atoms with Crippen molar-refractivity contribution in [3.8, 4) is 0 Å². The van der Waals surface area contributed by atoms with Crippen molar-refractivity contribution < 1.29 is 14.3 Å². The summed E-state index contributed by atoms with van der Waals surface area (Å²) in [5.74, 6) is -0.441. The number of ether oxygens (including phenoxy) is 1. The van der Waals surface area contributed by atoms with Gasteiger partial charge in [-0.15, -0.1) is 0 Å². The van der Waals surface area contributed by atoms with Crippen LogP contribution in [0.5, 0.6) is 0 Å². The zero-order valence-corrected chi connectivity index (χ0v) is 15.2. The van der Waals surface area contributed by atoms with Crippen molar-refractivity contribution in [2.24, 2.45) is 0 Å². The van der Waals surface area contributed by atoms with Crippen molar-refractivity contribution in [1.82, 2.24) is 5.32 Å². The molecule has 1 saturated heterocycles. The quantitative estimate of drug-likeness (QED) is 0.866. The van der Waals surface area contributed by atoms with E-state index in [1.54, 1.807) is 30.3 Å². The SMILES string of the molecule is Cc1ccc(C(=O)Nc2ccccc2C(=O)NC[C@@H]2CCCO2)cc1C. The molecule has 1 atom stereocenters. The molecule has 2 aromatic carbocycles. The van der Waals surface area contributed by atoms with Gasteiger partial charge in [0.25, 0.3) is 11.8 Å². The van der Waals surface area contributed by atoms with E-state index in [-0.39, 0.29) is 17.9 Å². The van der Waals surface area contributed by atoms with E-state index >= 15 is 0 Å². The summed E-state index contributed by atoms with van der Waals surface area (Å²) in [5, 5.41) is 5.75. The molecule has 2 N–H and O–H groups in total. The number of carbonyl (C=O) groups excluding carboxylic acids is 2. The van der Waals surface area contributed by atoms with Crippen LogP contribution in [0, 0.1) is 13.8 Å². The molecule has 5 nitrogen and oxygen atoms in total. The van der Waals surface area contributed by atoms with Crippen molar-refractivity contribution >= 4 is 17.5 Å². The molecular formula is C21H24N2O3. The van der Waals surface area contributed by atoms with Crippen molar-refractivity contribution in [2.45, 2.75) is 32.8 Å². The highest BCUT2D eigenvalue weighted by atomic mass is 16.5. The number of hydrogen-bond acceptors (Lipinski definition) is 3. The van der Waals surface area contributed by atoms with E-state index in [0.29, 0.717) is 23.4 Å². The molecule has 0 saturated carbocycles. The third-order valence-electron chi connectivity index (χ3n) is 4.70. The molecular weight excluding hydrogens is 328 g/mol. The summed E-state index contributed by atoms with van der Waals surface area (Å²) in [6.07, 6.45) is 2.07. The number of hydrogen-bond donors (Lipinski definition) is 2. The minimum atomic E-state index is -0.229. The maximum atomic E-state index is 12.6. The van der Waals surface area contributed by atoms with Gasteiger partial charge in [-0.2, -0.15) is 0 Å². The Bertz CT molecular complexity index is 811. The molecule has 136 valence electrons. The van der Waals surface area contributed by atoms with Crippen LogP contribution in [0.3, 0.4) is 0 Å². The second-order valence-electron chi connectivity index (χ2n) is 6.64. The predicted molar refractivity (Wildman–Crippen MR) is 102 cm³/mol. The average Bonchev–Trinajstić information content (AvgIpc) is 3.16. The summed E-state index contributed by atoms with van der Waals surface area (Å²) in [6.45, 7) is 5.21. The standard InChI is InChI=1S/C21H24N2O3/c1-14-9-10-16(12-15(14)2)20(24)23-19-8-4-3-7-18(19)21(25)22-13-17-6-5-11-26-17/h3-4,7-10,12,17H,5-6,11,13H2,1-2H3,(H,22,25)(H,23,24)/t17-/m0/s1. The van der Waals surface area contributed by atoms with Crippen molar-refractivity contribution in [3.63, 3.8) is 0 Å². The van der Waals surface area contributed by atoms with Crippen LogP contribution in [0.15, 0.2) is 42.5 Å². The van der Waals surface area contributed by atoms with Crippen LogP contribution in [0.25, 0.3) is 0 Å². The Morgan fingerprint density at radius 3 is 2.62 bits per heavy atom. The molecule has 26 heavy (non-hydrogen) atoms. The maximum Gasteiger partial charge on any atom is 0.255 e. The normalized spacial score (nSPS) is 16.3. The second kappa shape index (κ2) is 8.15. The highest BCUT2D eigenvalue weighted by molar-refractivity contribution is 6.09. The summed E-state index contributed by atoms with van der Waals surface area (Å²) >= 11 is 0. The average molecular weight is 352 g/mol. The Morgan fingerprint density at radius 2 is 1.88 bits per heavy atom. The molecule has 0 aromatic heterocycles. The lowest BCUT2D eigenvalue weighted by Gasteiger charge is -2.14. The number of anilines is 1. The smallest absolute Gasteiger partial charge is 0.255 e. The summed E-state index contributed by atoms with van der Waals surface area (Å²) in [4.78, 5) is 25.1. The molecule has 1 fully saturated rings. The van der Waals surface area contributed by atoms with Gasteiger partial charge in [0.1, 0.15) is 0 Å². The summed E-state index contributed by atoms with van der Waals surface area (Å²) in [6, 6.07) is 12.6. The van der Waals surface area contributed by atoms with Crippen LogP contribution in [0.2, 0.25) is 0 Å². The molecule has 1 aliphatic heterocycles. The minimum absolute atomic E-state index is 0.0798. The zero-order chi connectivity index (χ0) is 18.5. The Kier molecular flexibility index (Phi) is 5.68. The van der Waals surface area contributed by atoms with Gasteiger partial charge in [0.2, 0.25) is 0 Å². The Hall–Kier alpha value is -2.66. The van der Waals surface area contributed by atoms with Crippen LogP contribution in [-0.2, 0) is 4.74 Å². The lowest BCUT2D eigenvalue weighted by Crippen LogP contribution is -2.32. The predicted octanol–water partition coefficient (Wildman–Crippen LogP) is 3.46. The fourth-order valence-corrected chi connectivity index (χ4v) is 2.97. The highest BCUT2D eigenvalue weighted by Crippen LogP contribution is 2.18. The van der Waals surface area contributed by atoms with Gasteiger partial charge in [0.15, 0.2) is 0 Å². The van der Waals surface area contributed by atoms with Crippen molar-refractivity contribution in [2.75, 3.05) is 18.5 Å². The van der Waals surface area contributed by atoms with Crippen LogP contribution in [0.4, 0.5) is 5.69 Å². The molecule has 2 amide bonds. The van der Waals surface area contributed by atoms with E-state index in [1.807, 2.05) is 26.0 Å². The van der Waals surface area contributed by atoms with E-state index in [2.05, 4.69) is 10.6 Å². The van der Waals surface area contributed by atoms with Gasteiger partial charge in [-0.25, -0.2) is 0 Å². The fourth-order valence-electron chi connectivity index (χ4n) is 2.97. The third-order valence-corrected chi connectivity index (χ3v) is 4.70. The van der Waals surface area contributed by atoms with Gasteiger partial charge in [-0.3, -0.25) is 9.59 Å². The van der Waals surface area contributed by atoms with Crippen LogP contribution in [-0.4, -0.2) is 31.1 Å². The molecule has 0 bridgehead atoms. The van der Waals surface area contributed by atoms with E-state index in [0.717, 1.165) is 30.6 Å². The molecule has 0 spiro atoms. The van der Waals surface area contributed by atoms with Gasteiger partial charge in [-0.1, -0.05) is 18.2 Å². The second-order valence-corrected chi connectivity index (χ2v) is 6.64. The van der Waals surface area contributed by atoms with E-state index in [4.69, 9.17) is 4.74 Å². The summed E-state index contributed by atoms with van der Waals surface area (Å²) < 4.78 is 5.53. The van der Waals surface area contributed by atoms with E-state index < -0.39 is 0 Å². The summed E-state index contributed by atoms with van der Waals surface area (Å²) in [5.41, 5.74) is 3.71. The Balaban J connectivity index is 1.70. The molecule has 3 rings (SSSR count). The summed E-state index contributed by atoms with van der Waals surface area (Å²) in [7, 11) is 0. The number of rotatable bonds is 5. The minimum Gasteiger partial charge on any atom is -0.376 e. The largest absolute Gasteiger partial charge is 0.376 e. The topological polar surface area (TPSA) is 67.4 Å². The molecule has 1 heterocycles. The molecule has 1 aliphatic rings. The van der Waals surface area contributed by atoms with Crippen LogP contribution >= 0.6 is 0 Å². The molecule has 0 radical (unpaired) electrons. The first-order chi connectivity index (χ1) is 12.5. The van der Waals surface area contributed by atoms with Gasteiger partial charge in [0.05, 0.1) is 17.4 Å². The van der Waals surface area contributed by atoms with Gasteiger partial charge in [0, 0.05) is 18.7 Å². The van der Waals surface area contributed by atoms with E-state index in [1.165, 1.54) is 0 Å². The van der Waals surface area contributed by atoms with Crippen LogP contribution < -0.4 is 10.6 Å². The molecule has 0 aliphatic carbocycles. The third kappa shape index (κ3) is 4.29. The highest BCUT2D eigenvalue weighted by Gasteiger charge is 2.18. The molecule has 0 unspecified atom stereocenters. The van der Waals surface area contributed by atoms with Crippen LogP contribution in [0.1, 0.15) is 44.7 Å². The maximum absolute atomic E-state index is 12.6. The zero-order valence-electron chi connectivity index (χ0n) is 15.2. The van der Waals surface area contributed by atoms with E-state index in [9.17, 15) is 9.59 Å². The number of para-hydroxylation sites is 1. The molecule has 2 aromatic rings. The van der Waals surface area contributed by atoms with Gasteiger partial charge < -0.3 is 15.4 Å². The van der Waals surface area contributed by atoms with Gasteiger partial charge >= 0.3 is 0 Å². The number of amides is 2. The monoisotopic (exact) mass is 352 g/mol. The number of nitrogens with one attached hydrogen (secondary N) is 2. The Labute approximate surface area is 153 Å². The van der Waals surface area contributed by atoms with Crippen molar-refractivity contribution in [1.29, 1.82) is 0 Å². The lowest BCUT2D eigenvalue weighted by atomic mass is 10.1. The number of carbonyl (C=O) groups is 2. The first kappa shape index (κ1) is 18.1. The number of aryl methyl sites for hydroxylation is 2. The number of benzene rings is 2. The van der Waals surface area contributed by atoms with Crippen molar-refractivity contribution in [3.05, 3.63) is 64.7 Å². The lowest BCUT2D eigenvalue weighted by molar-refractivity contribution is 0.0858. The fraction of sp³-hybridized carbons (Fsp3) is 0.333. The first-order valence-corrected chi connectivity index (χ1v) is 8.92. The molecule has 5 heteroatoms.